The van der Waals surface area contributed by atoms with Gasteiger partial charge in [0.1, 0.15) is 5.82 Å². The quantitative estimate of drug-likeness (QED) is 0.589. The summed E-state index contributed by atoms with van der Waals surface area (Å²) in [7, 11) is 1.75. The van der Waals surface area contributed by atoms with Gasteiger partial charge in [-0.1, -0.05) is 0 Å². The molecule has 7 nitrogen and oxygen atoms in total. The van der Waals surface area contributed by atoms with Crippen LogP contribution in [0, 0.1) is 0 Å². The minimum absolute atomic E-state index is 0.431. The lowest BCUT2D eigenvalue weighted by atomic mass is 10.3. The Hall–Kier alpha value is -1.89. The van der Waals surface area contributed by atoms with E-state index in [1.807, 2.05) is 0 Å². The van der Waals surface area contributed by atoms with Crippen LogP contribution in [-0.2, 0) is 0 Å². The predicted octanol–water partition coefficient (Wildman–Crippen LogP) is 0.187. The van der Waals surface area contributed by atoms with Gasteiger partial charge in [-0.05, 0) is 6.92 Å². The van der Waals surface area contributed by atoms with Gasteiger partial charge in [0.25, 0.3) is 0 Å². The van der Waals surface area contributed by atoms with Gasteiger partial charge in [-0.3, -0.25) is 5.10 Å². The van der Waals surface area contributed by atoms with Gasteiger partial charge in [-0.15, -0.1) is 0 Å². The van der Waals surface area contributed by atoms with Crippen LogP contribution in [0.1, 0.15) is 6.92 Å². The minimum atomic E-state index is -0.435. The Balaban J connectivity index is 2.36. The molecule has 86 valence electrons. The van der Waals surface area contributed by atoms with Crippen LogP contribution in [0.3, 0.4) is 0 Å². The average molecular weight is 222 g/mol. The maximum atomic E-state index is 9.22. The molecule has 7 heteroatoms. The van der Waals surface area contributed by atoms with E-state index in [-0.39, 0.29) is 0 Å². The Morgan fingerprint density at radius 3 is 3.00 bits per heavy atom. The molecule has 0 spiro atoms. The fourth-order valence-electron chi connectivity index (χ4n) is 1.33. The number of rotatable bonds is 4. The number of hydrogen-bond acceptors (Lipinski definition) is 6. The highest BCUT2D eigenvalue weighted by atomic mass is 16.3. The molecule has 0 radical (unpaired) electrons. The second-order valence-corrected chi connectivity index (χ2v) is 3.51. The highest BCUT2D eigenvalue weighted by Gasteiger charge is 2.08. The van der Waals surface area contributed by atoms with E-state index in [9.17, 15) is 5.11 Å². The summed E-state index contributed by atoms with van der Waals surface area (Å²) in [6.45, 7) is 2.14. The zero-order valence-electron chi connectivity index (χ0n) is 9.15. The normalized spacial score (nSPS) is 12.7. The number of nitrogens with zero attached hydrogens (tertiary/aromatic N) is 3. The summed E-state index contributed by atoms with van der Waals surface area (Å²) in [5, 5.41) is 22.6. The molecule has 0 saturated heterocycles. The summed E-state index contributed by atoms with van der Waals surface area (Å²) < 4.78 is 0. The first kappa shape index (κ1) is 10.6. The third-order valence-electron chi connectivity index (χ3n) is 2.10. The minimum Gasteiger partial charge on any atom is -0.392 e. The highest BCUT2D eigenvalue weighted by molar-refractivity contribution is 5.86. The van der Waals surface area contributed by atoms with Crippen LogP contribution in [0.25, 0.3) is 11.0 Å². The van der Waals surface area contributed by atoms with Crippen molar-refractivity contribution in [2.24, 2.45) is 0 Å². The Morgan fingerprint density at radius 1 is 1.50 bits per heavy atom. The molecular weight excluding hydrogens is 208 g/mol. The van der Waals surface area contributed by atoms with Crippen LogP contribution in [0.2, 0.25) is 0 Å². The fourth-order valence-corrected chi connectivity index (χ4v) is 1.33. The fraction of sp³-hybridized carbons (Fsp3) is 0.444. The molecule has 2 heterocycles. The second kappa shape index (κ2) is 4.31. The Kier molecular flexibility index (Phi) is 2.86. The lowest BCUT2D eigenvalue weighted by Crippen LogP contribution is -2.16. The summed E-state index contributed by atoms with van der Waals surface area (Å²) in [5.41, 5.74) is 0.660. The molecule has 0 aliphatic rings. The number of nitrogens with one attached hydrogen (secondary N) is 3. The van der Waals surface area contributed by atoms with Gasteiger partial charge in [-0.2, -0.15) is 15.1 Å². The Labute approximate surface area is 92.3 Å². The van der Waals surface area contributed by atoms with Crippen LogP contribution in [0.5, 0.6) is 0 Å². The summed E-state index contributed by atoms with van der Waals surface area (Å²) in [5.74, 6) is 1.16. The molecule has 0 aliphatic carbocycles. The van der Waals surface area contributed by atoms with Gasteiger partial charge in [0.05, 0.1) is 17.7 Å². The van der Waals surface area contributed by atoms with E-state index in [1.165, 1.54) is 0 Å². The molecule has 4 N–H and O–H groups in total. The van der Waals surface area contributed by atoms with Crippen LogP contribution >= 0.6 is 0 Å². The van der Waals surface area contributed by atoms with Crippen LogP contribution in [0.4, 0.5) is 11.8 Å². The number of aromatic amines is 1. The van der Waals surface area contributed by atoms with Gasteiger partial charge < -0.3 is 15.7 Å². The van der Waals surface area contributed by atoms with Gasteiger partial charge >= 0.3 is 0 Å². The van der Waals surface area contributed by atoms with Gasteiger partial charge in [0, 0.05) is 13.6 Å². The summed E-state index contributed by atoms with van der Waals surface area (Å²) >= 11 is 0. The number of aliphatic hydroxyl groups is 1. The molecule has 0 aliphatic heterocycles. The summed E-state index contributed by atoms with van der Waals surface area (Å²) in [4.78, 5) is 8.46. The predicted molar refractivity (Wildman–Crippen MR) is 61.4 cm³/mol. The van der Waals surface area contributed by atoms with Crippen molar-refractivity contribution in [1.82, 2.24) is 20.2 Å². The highest BCUT2D eigenvalue weighted by Crippen LogP contribution is 2.19. The molecule has 2 aromatic heterocycles. The van der Waals surface area contributed by atoms with Crippen molar-refractivity contribution in [3.05, 3.63) is 6.20 Å². The molecule has 0 amide bonds. The van der Waals surface area contributed by atoms with E-state index < -0.39 is 6.10 Å². The first-order valence-electron chi connectivity index (χ1n) is 5.01. The molecule has 2 rings (SSSR count). The largest absolute Gasteiger partial charge is 0.392 e. The van der Waals surface area contributed by atoms with Crippen molar-refractivity contribution in [2.75, 3.05) is 24.2 Å². The zero-order chi connectivity index (χ0) is 11.5. The van der Waals surface area contributed by atoms with E-state index >= 15 is 0 Å². The molecule has 16 heavy (non-hydrogen) atoms. The molecule has 2 aromatic rings. The third-order valence-corrected chi connectivity index (χ3v) is 2.10. The maximum Gasteiger partial charge on any atom is 0.226 e. The maximum absolute atomic E-state index is 9.22. The Bertz CT molecular complexity index is 480. The van der Waals surface area contributed by atoms with E-state index in [2.05, 4.69) is 30.8 Å². The molecular formula is C9H14N6O. The first-order valence-corrected chi connectivity index (χ1v) is 5.01. The number of H-pyrrole nitrogens is 1. The zero-order valence-corrected chi connectivity index (χ0v) is 9.15. The van der Waals surface area contributed by atoms with Gasteiger partial charge in [0.15, 0.2) is 5.65 Å². The SMILES string of the molecule is CNc1nc(NCC(C)O)c2cn[nH]c2n1. The molecule has 0 aromatic carbocycles. The van der Waals surface area contributed by atoms with E-state index in [0.29, 0.717) is 24.0 Å². The number of anilines is 2. The first-order chi connectivity index (χ1) is 7.70. The molecule has 0 fully saturated rings. The average Bonchev–Trinajstić information content (AvgIpc) is 2.73. The van der Waals surface area contributed by atoms with Gasteiger partial charge in [0.2, 0.25) is 5.95 Å². The third kappa shape index (κ3) is 2.03. The lowest BCUT2D eigenvalue weighted by molar-refractivity contribution is 0.208. The number of hydrogen-bond donors (Lipinski definition) is 4. The van der Waals surface area contributed by atoms with Crippen molar-refractivity contribution in [1.29, 1.82) is 0 Å². The van der Waals surface area contributed by atoms with Crippen molar-refractivity contribution < 1.29 is 5.11 Å². The number of aliphatic hydroxyl groups excluding tert-OH is 1. The van der Waals surface area contributed by atoms with Crippen LogP contribution in [-0.4, -0.2) is 45.0 Å². The monoisotopic (exact) mass is 222 g/mol. The van der Waals surface area contributed by atoms with E-state index in [0.717, 1.165) is 5.39 Å². The molecule has 1 atom stereocenters. The second-order valence-electron chi connectivity index (χ2n) is 3.51. The number of fused-ring (bicyclic) bond motifs is 1. The summed E-state index contributed by atoms with van der Waals surface area (Å²) in [6.07, 6.45) is 1.22. The summed E-state index contributed by atoms with van der Waals surface area (Å²) in [6, 6.07) is 0. The van der Waals surface area contributed by atoms with E-state index in [4.69, 9.17) is 0 Å². The lowest BCUT2D eigenvalue weighted by Gasteiger charge is -2.09. The number of aromatic nitrogens is 4. The molecule has 1 unspecified atom stereocenters. The van der Waals surface area contributed by atoms with Crippen molar-refractivity contribution in [3.63, 3.8) is 0 Å². The Morgan fingerprint density at radius 2 is 2.31 bits per heavy atom. The van der Waals surface area contributed by atoms with Crippen molar-refractivity contribution in [2.45, 2.75) is 13.0 Å². The van der Waals surface area contributed by atoms with Crippen molar-refractivity contribution in [3.8, 4) is 0 Å². The van der Waals surface area contributed by atoms with Gasteiger partial charge in [-0.25, -0.2) is 0 Å². The van der Waals surface area contributed by atoms with Crippen molar-refractivity contribution >= 4 is 22.8 Å². The van der Waals surface area contributed by atoms with E-state index in [1.54, 1.807) is 20.2 Å². The van der Waals surface area contributed by atoms with Crippen LogP contribution < -0.4 is 10.6 Å². The molecule has 0 bridgehead atoms. The van der Waals surface area contributed by atoms with Crippen LogP contribution in [0.15, 0.2) is 6.20 Å². The molecule has 0 saturated carbocycles. The smallest absolute Gasteiger partial charge is 0.226 e. The topological polar surface area (TPSA) is 98.8 Å². The standard InChI is InChI=1S/C9H14N6O/c1-5(16)3-11-7-6-4-12-15-8(6)14-9(10-2)13-7/h4-5,16H,3H2,1-2H3,(H3,10,11,12,13,14,15).